The van der Waals surface area contributed by atoms with Gasteiger partial charge in [-0.25, -0.2) is 4.98 Å². The molecule has 5 nitrogen and oxygen atoms in total. The number of hydrogen-bond donors (Lipinski definition) is 1. The molecule has 1 unspecified atom stereocenters. The van der Waals surface area contributed by atoms with Gasteiger partial charge in [0.25, 0.3) is 5.91 Å². The third kappa shape index (κ3) is 3.86. The number of halogens is 1. The molecule has 1 aliphatic heterocycles. The topological polar surface area (TPSA) is 48.5 Å². The van der Waals surface area contributed by atoms with Gasteiger partial charge in [0.1, 0.15) is 5.82 Å². The maximum absolute atomic E-state index is 12.6. The van der Waals surface area contributed by atoms with E-state index in [0.717, 1.165) is 32.5 Å². The fourth-order valence-corrected chi connectivity index (χ4v) is 2.65. The molecule has 0 bridgehead atoms. The number of nitrogens with one attached hydrogen (secondary N) is 1. The van der Waals surface area contributed by atoms with Crippen LogP contribution in [0.25, 0.3) is 0 Å². The minimum absolute atomic E-state index is 0.00806. The average molecular weight is 311 g/mol. The molecule has 1 saturated heterocycles. The Morgan fingerprint density at radius 1 is 1.57 bits per heavy atom. The largest absolute Gasteiger partial charge is 0.370 e. The molecule has 1 aliphatic rings. The van der Waals surface area contributed by atoms with E-state index in [1.54, 1.807) is 12.3 Å². The van der Waals surface area contributed by atoms with Gasteiger partial charge in [-0.3, -0.25) is 4.79 Å². The van der Waals surface area contributed by atoms with Crippen LogP contribution < -0.4 is 5.32 Å². The molecule has 0 aromatic carbocycles. The Morgan fingerprint density at radius 2 is 2.33 bits per heavy atom. The molecule has 1 fully saturated rings. The number of hydrogen-bond acceptors (Lipinski definition) is 4. The molecule has 21 heavy (non-hydrogen) atoms. The van der Waals surface area contributed by atoms with Gasteiger partial charge in [-0.15, -0.1) is 0 Å². The maximum atomic E-state index is 12.6. The van der Waals surface area contributed by atoms with Crippen molar-refractivity contribution in [3.63, 3.8) is 0 Å². The first-order chi connectivity index (χ1) is 10.0. The van der Waals surface area contributed by atoms with Gasteiger partial charge in [-0.05, 0) is 33.0 Å². The monoisotopic (exact) mass is 310 g/mol. The quantitative estimate of drug-likeness (QED) is 0.907. The van der Waals surface area contributed by atoms with Crippen molar-refractivity contribution in [1.82, 2.24) is 14.8 Å². The molecule has 6 heteroatoms. The van der Waals surface area contributed by atoms with E-state index in [2.05, 4.69) is 22.1 Å². The summed E-state index contributed by atoms with van der Waals surface area (Å²) in [6.45, 7) is 4.44. The number of anilines is 1. The number of carbonyl (C=O) groups is 1. The van der Waals surface area contributed by atoms with Crippen LogP contribution in [-0.2, 0) is 0 Å². The molecule has 2 heterocycles. The third-order valence-corrected chi connectivity index (χ3v) is 4.12. The zero-order chi connectivity index (χ0) is 15.4. The summed E-state index contributed by atoms with van der Waals surface area (Å²) in [5, 5.41) is 3.60. The Kier molecular flexibility index (Phi) is 5.42. The highest BCUT2D eigenvalue weighted by atomic mass is 35.5. The summed E-state index contributed by atoms with van der Waals surface area (Å²) in [7, 11) is 4.09. The molecule has 116 valence electrons. The van der Waals surface area contributed by atoms with Crippen molar-refractivity contribution >= 4 is 23.3 Å². The summed E-state index contributed by atoms with van der Waals surface area (Å²) in [6.07, 6.45) is 3.55. The Hall–Kier alpha value is -1.33. The van der Waals surface area contributed by atoms with Gasteiger partial charge in [0, 0.05) is 31.9 Å². The number of nitrogens with zero attached hydrogens (tertiary/aromatic N) is 3. The van der Waals surface area contributed by atoms with E-state index in [4.69, 9.17) is 11.6 Å². The predicted molar refractivity (Wildman–Crippen MR) is 86.0 cm³/mol. The van der Waals surface area contributed by atoms with Crippen LogP contribution in [0.1, 0.15) is 30.1 Å². The summed E-state index contributed by atoms with van der Waals surface area (Å²) in [4.78, 5) is 20.9. The lowest BCUT2D eigenvalue weighted by molar-refractivity contribution is 0.0783. The number of amides is 1. The van der Waals surface area contributed by atoms with Gasteiger partial charge in [-0.1, -0.05) is 18.5 Å². The number of likely N-dealkylation sites (tertiary alicyclic amines) is 1. The van der Waals surface area contributed by atoms with E-state index in [9.17, 15) is 4.79 Å². The van der Waals surface area contributed by atoms with E-state index in [1.807, 2.05) is 19.0 Å². The molecule has 0 saturated carbocycles. The van der Waals surface area contributed by atoms with Crippen molar-refractivity contribution in [2.24, 2.45) is 0 Å². The van der Waals surface area contributed by atoms with Gasteiger partial charge in [0.15, 0.2) is 0 Å². The molecule has 1 N–H and O–H groups in total. The van der Waals surface area contributed by atoms with Crippen LogP contribution in [0.4, 0.5) is 5.82 Å². The van der Waals surface area contributed by atoms with Gasteiger partial charge in [0.05, 0.1) is 10.6 Å². The average Bonchev–Trinajstić information content (AvgIpc) is 2.95. The smallest absolute Gasteiger partial charge is 0.255 e. The van der Waals surface area contributed by atoms with Crippen molar-refractivity contribution in [3.8, 4) is 0 Å². The third-order valence-electron chi connectivity index (χ3n) is 3.82. The van der Waals surface area contributed by atoms with Crippen LogP contribution in [0.5, 0.6) is 0 Å². The second kappa shape index (κ2) is 7.09. The first kappa shape index (κ1) is 16.0. The first-order valence-corrected chi connectivity index (χ1v) is 7.75. The van der Waals surface area contributed by atoms with E-state index >= 15 is 0 Å². The van der Waals surface area contributed by atoms with Crippen molar-refractivity contribution in [2.45, 2.75) is 25.8 Å². The van der Waals surface area contributed by atoms with Crippen LogP contribution in [0.15, 0.2) is 12.3 Å². The molecular weight excluding hydrogens is 288 g/mol. The van der Waals surface area contributed by atoms with Crippen molar-refractivity contribution < 1.29 is 4.79 Å². The van der Waals surface area contributed by atoms with Crippen LogP contribution in [-0.4, -0.2) is 60.5 Å². The lowest BCUT2D eigenvalue weighted by Crippen LogP contribution is -2.34. The Morgan fingerprint density at radius 3 is 2.95 bits per heavy atom. The molecule has 0 spiro atoms. The van der Waals surface area contributed by atoms with Crippen molar-refractivity contribution in [2.75, 3.05) is 39.0 Å². The molecule has 0 aliphatic carbocycles. The molecule has 2 rings (SSSR count). The fraction of sp³-hybridized carbons (Fsp3) is 0.600. The fourth-order valence-electron chi connectivity index (χ4n) is 2.47. The van der Waals surface area contributed by atoms with E-state index < -0.39 is 0 Å². The zero-order valence-electron chi connectivity index (χ0n) is 12.9. The SMILES string of the molecule is CCCNc1cc(C(=O)N2CCC(N(C)C)C2)c(Cl)cn1. The van der Waals surface area contributed by atoms with Gasteiger partial charge in [0.2, 0.25) is 0 Å². The van der Waals surface area contributed by atoms with Crippen LogP contribution in [0, 0.1) is 0 Å². The second-order valence-corrected chi connectivity index (χ2v) is 6.04. The normalized spacial score (nSPS) is 18.3. The molecule has 1 amide bonds. The Labute approximate surface area is 131 Å². The maximum Gasteiger partial charge on any atom is 0.255 e. The van der Waals surface area contributed by atoms with Crippen LogP contribution >= 0.6 is 11.6 Å². The standard InChI is InChI=1S/C15H23ClN4O/c1-4-6-17-14-8-12(13(16)9-18-14)15(21)20-7-5-11(10-20)19(2)3/h8-9,11H,4-7,10H2,1-3H3,(H,17,18). The zero-order valence-corrected chi connectivity index (χ0v) is 13.7. The first-order valence-electron chi connectivity index (χ1n) is 7.38. The van der Waals surface area contributed by atoms with Crippen LogP contribution in [0.3, 0.4) is 0 Å². The van der Waals surface area contributed by atoms with Gasteiger partial charge in [-0.2, -0.15) is 0 Å². The van der Waals surface area contributed by atoms with Crippen molar-refractivity contribution in [3.05, 3.63) is 22.8 Å². The highest BCUT2D eigenvalue weighted by Gasteiger charge is 2.29. The molecule has 0 radical (unpaired) electrons. The summed E-state index contributed by atoms with van der Waals surface area (Å²) in [5.41, 5.74) is 0.532. The summed E-state index contributed by atoms with van der Waals surface area (Å²) in [6, 6.07) is 2.18. The molecular formula is C15H23ClN4O. The molecule has 1 atom stereocenters. The van der Waals surface area contributed by atoms with E-state index in [1.165, 1.54) is 0 Å². The van der Waals surface area contributed by atoms with Gasteiger partial charge < -0.3 is 15.1 Å². The Bertz CT molecular complexity index is 506. The van der Waals surface area contributed by atoms with Crippen LogP contribution in [0.2, 0.25) is 5.02 Å². The van der Waals surface area contributed by atoms with E-state index in [0.29, 0.717) is 22.4 Å². The summed E-state index contributed by atoms with van der Waals surface area (Å²) < 4.78 is 0. The number of pyridine rings is 1. The van der Waals surface area contributed by atoms with E-state index in [-0.39, 0.29) is 5.91 Å². The Balaban J connectivity index is 2.11. The number of likely N-dealkylation sites (N-methyl/N-ethyl adjacent to an activating group) is 1. The lowest BCUT2D eigenvalue weighted by atomic mass is 10.2. The number of rotatable bonds is 5. The number of carbonyl (C=O) groups excluding carboxylic acids is 1. The minimum atomic E-state index is -0.00806. The number of aromatic nitrogens is 1. The predicted octanol–water partition coefficient (Wildman–Crippen LogP) is 2.33. The lowest BCUT2D eigenvalue weighted by Gasteiger charge is -2.21. The highest BCUT2D eigenvalue weighted by Crippen LogP contribution is 2.23. The molecule has 1 aromatic rings. The summed E-state index contributed by atoms with van der Waals surface area (Å²) >= 11 is 6.15. The molecule has 1 aromatic heterocycles. The van der Waals surface area contributed by atoms with Crippen molar-refractivity contribution in [1.29, 1.82) is 0 Å². The second-order valence-electron chi connectivity index (χ2n) is 5.63. The highest BCUT2D eigenvalue weighted by molar-refractivity contribution is 6.33. The minimum Gasteiger partial charge on any atom is -0.370 e. The van der Waals surface area contributed by atoms with Gasteiger partial charge >= 0.3 is 0 Å². The summed E-state index contributed by atoms with van der Waals surface area (Å²) in [5.74, 6) is 0.694.